The topological polar surface area (TPSA) is 0 Å². The molecule has 0 bridgehead atoms. The van der Waals surface area contributed by atoms with Crippen LogP contribution in [-0.4, -0.2) is 0 Å². The number of halogens is 2. The molecule has 0 aliphatic heterocycles. The van der Waals surface area contributed by atoms with Gasteiger partial charge in [0.15, 0.2) is 11.6 Å². The molecule has 2 aromatic rings. The average molecular weight is 475 g/mol. The summed E-state index contributed by atoms with van der Waals surface area (Å²) < 4.78 is 29.9. The summed E-state index contributed by atoms with van der Waals surface area (Å²) in [4.78, 5) is 0. The molecule has 2 unspecified atom stereocenters. The van der Waals surface area contributed by atoms with E-state index in [0.717, 1.165) is 44.1 Å². The first-order valence-corrected chi connectivity index (χ1v) is 13.7. The van der Waals surface area contributed by atoms with Crippen LogP contribution in [0.3, 0.4) is 0 Å². The minimum atomic E-state index is -0.677. The molecule has 186 valence electrons. The Bertz CT molecular complexity index is 1070. The lowest BCUT2D eigenvalue weighted by Gasteiger charge is -2.23. The third kappa shape index (κ3) is 6.60. The average Bonchev–Trinajstić information content (AvgIpc) is 2.90. The van der Waals surface area contributed by atoms with Crippen molar-refractivity contribution in [3.8, 4) is 0 Å². The van der Waals surface area contributed by atoms with Crippen LogP contribution in [0.15, 0.2) is 66.3 Å². The van der Waals surface area contributed by atoms with Gasteiger partial charge in [-0.25, -0.2) is 8.78 Å². The molecule has 2 aromatic carbocycles. The fourth-order valence-electron chi connectivity index (χ4n) is 5.60. The Labute approximate surface area is 210 Å². The first-order chi connectivity index (χ1) is 17.1. The highest BCUT2D eigenvalue weighted by Gasteiger charge is 2.21. The molecule has 2 heteroatoms. The van der Waals surface area contributed by atoms with E-state index in [1.165, 1.54) is 36.8 Å². The van der Waals surface area contributed by atoms with Crippen LogP contribution in [0.1, 0.15) is 99.8 Å². The van der Waals surface area contributed by atoms with Gasteiger partial charge in [-0.3, -0.25) is 0 Å². The maximum Gasteiger partial charge on any atom is 0.166 e. The summed E-state index contributed by atoms with van der Waals surface area (Å²) in [5.74, 6) is -0.295. The molecular formula is C33H40F2. The van der Waals surface area contributed by atoms with Crippen LogP contribution in [0.25, 0.3) is 5.57 Å². The molecule has 0 radical (unpaired) electrons. The second kappa shape index (κ2) is 12.5. The molecule has 4 rings (SSSR count). The fourth-order valence-corrected chi connectivity index (χ4v) is 5.60. The van der Waals surface area contributed by atoms with Crippen LogP contribution in [0.5, 0.6) is 0 Å². The zero-order chi connectivity index (χ0) is 24.6. The van der Waals surface area contributed by atoms with Gasteiger partial charge in [0, 0.05) is 5.56 Å². The number of allylic oxidation sites excluding steroid dienone is 6. The standard InChI is InChI=1S/C33H40F2/c1-3-7-25-10-12-26(13-11-25)8-5-6-9-30-22-23-31(33(35)32(30)34)29-20-18-28(19-21-29)27-16-14-24(4-2)15-17-27/h5,8,10,14-17,20,22-23,26,28H,3-4,6-7,9,11-13,18-19,21H2,1-2H3. The van der Waals surface area contributed by atoms with Crippen molar-refractivity contribution in [2.24, 2.45) is 5.92 Å². The predicted molar refractivity (Wildman–Crippen MR) is 145 cm³/mol. The Hall–Kier alpha value is -2.48. The maximum atomic E-state index is 15.0. The first kappa shape index (κ1) is 25.6. The highest BCUT2D eigenvalue weighted by atomic mass is 19.2. The zero-order valence-electron chi connectivity index (χ0n) is 21.5. The van der Waals surface area contributed by atoms with Crippen LogP contribution in [0.2, 0.25) is 0 Å². The Morgan fingerprint density at radius 1 is 0.857 bits per heavy atom. The monoisotopic (exact) mass is 474 g/mol. The van der Waals surface area contributed by atoms with Crippen LogP contribution >= 0.6 is 0 Å². The van der Waals surface area contributed by atoms with E-state index in [1.807, 2.05) is 0 Å². The number of hydrogen-bond donors (Lipinski definition) is 0. The maximum absolute atomic E-state index is 15.0. The molecule has 0 spiro atoms. The summed E-state index contributed by atoms with van der Waals surface area (Å²) in [6.45, 7) is 4.40. The van der Waals surface area contributed by atoms with Crippen molar-refractivity contribution < 1.29 is 8.78 Å². The second-order valence-corrected chi connectivity index (χ2v) is 10.3. The van der Waals surface area contributed by atoms with Gasteiger partial charge >= 0.3 is 0 Å². The van der Waals surface area contributed by atoms with E-state index in [4.69, 9.17) is 0 Å². The summed E-state index contributed by atoms with van der Waals surface area (Å²) >= 11 is 0. The van der Waals surface area contributed by atoms with E-state index in [1.54, 1.807) is 17.7 Å². The molecule has 0 nitrogen and oxygen atoms in total. The quantitative estimate of drug-likeness (QED) is 0.317. The minimum absolute atomic E-state index is 0.443. The number of aryl methyl sites for hydroxylation is 2. The number of benzene rings is 2. The lowest BCUT2D eigenvalue weighted by molar-refractivity contribution is 0.495. The third-order valence-corrected chi connectivity index (χ3v) is 7.88. The van der Waals surface area contributed by atoms with Crippen molar-refractivity contribution >= 4 is 5.57 Å². The van der Waals surface area contributed by atoms with Gasteiger partial charge < -0.3 is 0 Å². The van der Waals surface area contributed by atoms with Gasteiger partial charge in [-0.15, -0.1) is 0 Å². The molecule has 0 fully saturated rings. The number of hydrogen-bond acceptors (Lipinski definition) is 0. The van der Waals surface area contributed by atoms with Gasteiger partial charge in [-0.05, 0) is 98.3 Å². The molecule has 0 N–H and O–H groups in total. The van der Waals surface area contributed by atoms with Gasteiger partial charge in [-0.2, -0.15) is 0 Å². The van der Waals surface area contributed by atoms with Gasteiger partial charge in [0.05, 0.1) is 0 Å². The minimum Gasteiger partial charge on any atom is -0.203 e. The predicted octanol–water partition coefficient (Wildman–Crippen LogP) is 9.89. The lowest BCUT2D eigenvalue weighted by atomic mass is 9.82. The summed E-state index contributed by atoms with van der Waals surface area (Å²) in [5.41, 5.74) is 6.17. The van der Waals surface area contributed by atoms with E-state index in [-0.39, 0.29) is 0 Å². The molecular weight excluding hydrogens is 434 g/mol. The van der Waals surface area contributed by atoms with Crippen LogP contribution < -0.4 is 0 Å². The van der Waals surface area contributed by atoms with Crippen LogP contribution in [0, 0.1) is 17.6 Å². The van der Waals surface area contributed by atoms with Crippen LogP contribution in [-0.2, 0) is 12.8 Å². The van der Waals surface area contributed by atoms with Gasteiger partial charge in [-0.1, -0.05) is 86.5 Å². The molecule has 0 aromatic heterocycles. The highest BCUT2D eigenvalue weighted by molar-refractivity contribution is 5.67. The van der Waals surface area contributed by atoms with E-state index in [9.17, 15) is 4.39 Å². The number of rotatable bonds is 9. The van der Waals surface area contributed by atoms with Crippen LogP contribution in [0.4, 0.5) is 8.78 Å². The fraction of sp³-hybridized carbons (Fsp3) is 0.455. The largest absolute Gasteiger partial charge is 0.203 e. The van der Waals surface area contributed by atoms with Crippen molar-refractivity contribution in [3.63, 3.8) is 0 Å². The molecule has 2 aliphatic carbocycles. The van der Waals surface area contributed by atoms with Gasteiger partial charge in [0.25, 0.3) is 0 Å². The molecule has 0 saturated heterocycles. The Morgan fingerprint density at radius 3 is 2.34 bits per heavy atom. The summed E-state index contributed by atoms with van der Waals surface area (Å²) in [6.07, 6.45) is 19.9. The van der Waals surface area contributed by atoms with Crippen molar-refractivity contribution in [3.05, 3.63) is 100 Å². The Balaban J connectivity index is 1.32. The normalized spacial score (nSPS) is 20.7. The van der Waals surface area contributed by atoms with Crippen molar-refractivity contribution in [1.29, 1.82) is 0 Å². The van der Waals surface area contributed by atoms with Gasteiger partial charge in [0.2, 0.25) is 0 Å². The van der Waals surface area contributed by atoms with Crippen molar-refractivity contribution in [2.45, 2.75) is 90.4 Å². The van der Waals surface area contributed by atoms with Crippen molar-refractivity contribution in [2.75, 3.05) is 0 Å². The Morgan fingerprint density at radius 2 is 1.69 bits per heavy atom. The molecule has 0 heterocycles. The molecule has 2 aliphatic rings. The summed E-state index contributed by atoms with van der Waals surface area (Å²) in [6, 6.07) is 12.4. The van der Waals surface area contributed by atoms with E-state index in [0.29, 0.717) is 29.4 Å². The van der Waals surface area contributed by atoms with Crippen molar-refractivity contribution in [1.82, 2.24) is 0 Å². The first-order valence-electron chi connectivity index (χ1n) is 13.7. The summed E-state index contributed by atoms with van der Waals surface area (Å²) in [7, 11) is 0. The second-order valence-electron chi connectivity index (χ2n) is 10.3. The third-order valence-electron chi connectivity index (χ3n) is 7.88. The van der Waals surface area contributed by atoms with E-state index in [2.05, 4.69) is 62.4 Å². The lowest BCUT2D eigenvalue weighted by Crippen LogP contribution is -2.06. The SMILES string of the molecule is CCCC1=CCC(C=CCCc2ccc(C3=CCC(c4ccc(CC)cc4)CC3)c(F)c2F)CC1. The molecule has 0 amide bonds. The summed E-state index contributed by atoms with van der Waals surface area (Å²) in [5, 5.41) is 0. The van der Waals surface area contributed by atoms with E-state index >= 15 is 4.39 Å². The van der Waals surface area contributed by atoms with Gasteiger partial charge in [0.1, 0.15) is 0 Å². The molecule has 35 heavy (non-hydrogen) atoms. The highest BCUT2D eigenvalue weighted by Crippen LogP contribution is 2.37. The Kier molecular flexibility index (Phi) is 9.12. The molecule has 2 atom stereocenters. The smallest absolute Gasteiger partial charge is 0.166 e. The molecule has 0 saturated carbocycles. The van der Waals surface area contributed by atoms with E-state index < -0.39 is 11.6 Å². The zero-order valence-corrected chi connectivity index (χ0v) is 21.5.